The number of rotatable bonds is 0. The molecule has 2 bridgehead atoms. The molecule has 6 rings (SSSR count). The van der Waals surface area contributed by atoms with Crippen molar-refractivity contribution < 1.29 is 14.7 Å². The summed E-state index contributed by atoms with van der Waals surface area (Å²) < 4.78 is 6.28. The second kappa shape index (κ2) is 6.62. The zero-order chi connectivity index (χ0) is 24.5. The molecular formula is C30H47NO3. The molecule has 190 valence electrons. The third-order valence-corrected chi connectivity index (χ3v) is 14.0. The number of fused-ring (bicyclic) bond motifs is 5. The van der Waals surface area contributed by atoms with Gasteiger partial charge in [-0.25, -0.2) is 0 Å². The maximum Gasteiger partial charge on any atom is 0.312 e. The van der Waals surface area contributed by atoms with Crippen LogP contribution in [0.15, 0.2) is 5.16 Å². The molecule has 1 heterocycles. The van der Waals surface area contributed by atoms with Gasteiger partial charge in [-0.05, 0) is 98.2 Å². The quantitative estimate of drug-likeness (QED) is 0.231. The van der Waals surface area contributed by atoms with Crippen molar-refractivity contribution in [3.8, 4) is 0 Å². The lowest BCUT2D eigenvalue weighted by molar-refractivity contribution is -0.235. The fourth-order valence-corrected chi connectivity index (χ4v) is 11.8. The molecule has 6 fully saturated rings. The van der Waals surface area contributed by atoms with Gasteiger partial charge in [0.1, 0.15) is 6.10 Å². The Kier molecular flexibility index (Phi) is 4.55. The highest BCUT2D eigenvalue weighted by Gasteiger charge is 2.75. The van der Waals surface area contributed by atoms with Crippen LogP contribution in [0.2, 0.25) is 0 Å². The average Bonchev–Trinajstić information content (AvgIpc) is 3.01. The van der Waals surface area contributed by atoms with Gasteiger partial charge in [0.2, 0.25) is 0 Å². The number of ether oxygens (including phenoxy) is 1. The van der Waals surface area contributed by atoms with E-state index in [9.17, 15) is 10.0 Å². The number of oxime groups is 1. The Morgan fingerprint density at radius 1 is 0.824 bits per heavy atom. The topological polar surface area (TPSA) is 58.9 Å². The van der Waals surface area contributed by atoms with Crippen molar-refractivity contribution in [3.63, 3.8) is 0 Å². The summed E-state index contributed by atoms with van der Waals surface area (Å²) in [6.45, 7) is 17.2. The van der Waals surface area contributed by atoms with E-state index in [0.29, 0.717) is 23.7 Å². The number of carbonyl (C=O) groups excluding carboxylic acids is 1. The summed E-state index contributed by atoms with van der Waals surface area (Å²) in [7, 11) is 0. The number of esters is 1. The van der Waals surface area contributed by atoms with E-state index in [1.165, 1.54) is 32.1 Å². The van der Waals surface area contributed by atoms with E-state index >= 15 is 0 Å². The second-order valence-corrected chi connectivity index (χ2v) is 15.4. The van der Waals surface area contributed by atoms with Crippen LogP contribution in [0.1, 0.15) is 113 Å². The SMILES string of the molecule is CC1(C)CC[C@]23CC[C@]4(C)[C@H](CC[C@@H]5[C@@]6(C)CC/C(=N/O)C(C)(C)[C@H]6CC[C@]54C)[C@@H]2[C@H]1OC3=O. The van der Waals surface area contributed by atoms with Gasteiger partial charge in [0, 0.05) is 16.7 Å². The van der Waals surface area contributed by atoms with E-state index < -0.39 is 0 Å². The molecule has 9 atom stereocenters. The van der Waals surface area contributed by atoms with Crippen molar-refractivity contribution in [2.75, 3.05) is 0 Å². The van der Waals surface area contributed by atoms with E-state index in [1.54, 1.807) is 0 Å². The number of hydrogen-bond donors (Lipinski definition) is 1. The van der Waals surface area contributed by atoms with Crippen molar-refractivity contribution >= 4 is 11.7 Å². The lowest BCUT2D eigenvalue weighted by Crippen LogP contribution is -2.67. The Labute approximate surface area is 206 Å². The van der Waals surface area contributed by atoms with Crippen LogP contribution in [-0.2, 0) is 9.53 Å². The van der Waals surface area contributed by atoms with Crippen molar-refractivity contribution in [2.24, 2.45) is 61.3 Å². The smallest absolute Gasteiger partial charge is 0.312 e. The average molecular weight is 470 g/mol. The zero-order valence-corrected chi connectivity index (χ0v) is 22.7. The van der Waals surface area contributed by atoms with Gasteiger partial charge in [-0.2, -0.15) is 0 Å². The fraction of sp³-hybridized carbons (Fsp3) is 0.933. The maximum atomic E-state index is 13.4. The van der Waals surface area contributed by atoms with Crippen molar-refractivity contribution in [1.82, 2.24) is 0 Å². The molecule has 1 saturated heterocycles. The summed E-state index contributed by atoms with van der Waals surface area (Å²) in [5, 5.41) is 13.5. The monoisotopic (exact) mass is 469 g/mol. The maximum absolute atomic E-state index is 13.4. The third-order valence-electron chi connectivity index (χ3n) is 14.0. The molecule has 0 aromatic rings. The van der Waals surface area contributed by atoms with E-state index in [0.717, 1.165) is 37.8 Å². The van der Waals surface area contributed by atoms with E-state index in [1.807, 2.05) is 0 Å². The Hall–Kier alpha value is -1.06. The van der Waals surface area contributed by atoms with Gasteiger partial charge in [-0.3, -0.25) is 4.79 Å². The first-order valence-electron chi connectivity index (χ1n) is 14.2. The molecule has 0 aromatic carbocycles. The van der Waals surface area contributed by atoms with Crippen LogP contribution < -0.4 is 0 Å². The molecule has 5 saturated carbocycles. The number of carbonyl (C=O) groups is 1. The molecule has 4 heteroatoms. The Balaban J connectivity index is 1.41. The molecule has 1 aliphatic heterocycles. The highest BCUT2D eigenvalue weighted by molar-refractivity contribution is 5.90. The van der Waals surface area contributed by atoms with E-state index in [-0.39, 0.29) is 44.6 Å². The number of nitrogens with zero attached hydrogens (tertiary/aromatic N) is 1. The van der Waals surface area contributed by atoms with Crippen molar-refractivity contribution in [3.05, 3.63) is 0 Å². The van der Waals surface area contributed by atoms with Gasteiger partial charge in [-0.15, -0.1) is 0 Å². The Morgan fingerprint density at radius 3 is 2.24 bits per heavy atom. The summed E-state index contributed by atoms with van der Waals surface area (Å²) in [6, 6.07) is 0. The molecule has 4 nitrogen and oxygen atoms in total. The summed E-state index contributed by atoms with van der Waals surface area (Å²) in [5.74, 6) is 2.40. The number of hydrogen-bond acceptors (Lipinski definition) is 4. The van der Waals surface area contributed by atoms with Crippen LogP contribution in [-0.4, -0.2) is 23.0 Å². The summed E-state index contributed by atoms with van der Waals surface area (Å²) >= 11 is 0. The van der Waals surface area contributed by atoms with Crippen LogP contribution in [0, 0.1) is 56.2 Å². The van der Waals surface area contributed by atoms with Crippen LogP contribution in [0.3, 0.4) is 0 Å². The lowest BCUT2D eigenvalue weighted by atomic mass is 9.31. The van der Waals surface area contributed by atoms with Gasteiger partial charge in [0.15, 0.2) is 0 Å². The van der Waals surface area contributed by atoms with Crippen LogP contribution >= 0.6 is 0 Å². The minimum Gasteiger partial charge on any atom is -0.461 e. The summed E-state index contributed by atoms with van der Waals surface area (Å²) in [5.41, 5.74) is 1.69. The van der Waals surface area contributed by atoms with Gasteiger partial charge < -0.3 is 9.94 Å². The summed E-state index contributed by atoms with van der Waals surface area (Å²) in [4.78, 5) is 13.4. The molecule has 0 spiro atoms. The van der Waals surface area contributed by atoms with Crippen LogP contribution in [0.5, 0.6) is 0 Å². The molecule has 0 aromatic heterocycles. The zero-order valence-electron chi connectivity index (χ0n) is 22.7. The van der Waals surface area contributed by atoms with Gasteiger partial charge >= 0.3 is 5.97 Å². The molecule has 0 unspecified atom stereocenters. The van der Waals surface area contributed by atoms with Crippen molar-refractivity contribution in [1.29, 1.82) is 0 Å². The van der Waals surface area contributed by atoms with E-state index in [2.05, 4.69) is 53.6 Å². The summed E-state index contributed by atoms with van der Waals surface area (Å²) in [6.07, 6.45) is 11.5. The first-order valence-corrected chi connectivity index (χ1v) is 14.2. The predicted molar refractivity (Wildman–Crippen MR) is 134 cm³/mol. The molecule has 0 radical (unpaired) electrons. The largest absolute Gasteiger partial charge is 0.461 e. The molecule has 6 aliphatic rings. The minimum absolute atomic E-state index is 0.0375. The lowest BCUT2D eigenvalue weighted by Gasteiger charge is -2.72. The Bertz CT molecular complexity index is 953. The molecule has 0 amide bonds. The third kappa shape index (κ3) is 2.43. The fourth-order valence-electron chi connectivity index (χ4n) is 11.8. The highest BCUT2D eigenvalue weighted by Crippen LogP contribution is 2.78. The van der Waals surface area contributed by atoms with Crippen LogP contribution in [0.4, 0.5) is 0 Å². The standard InChI is InChI=1S/C30H47NO3/c1-25(2)14-16-30-17-15-28(6)18(22(30)23(25)34-24(30)32)8-9-20-27(5)12-11-21(31-33)26(3,4)19(27)10-13-29(20,28)7/h18-20,22-23,33H,8-17H2,1-7H3/b31-21-/t18-,19-,20-,22-,23-,27+,28-,29-,30+/m1/s1. The molecule has 34 heavy (non-hydrogen) atoms. The highest BCUT2D eigenvalue weighted by atomic mass is 16.6. The van der Waals surface area contributed by atoms with Gasteiger partial charge in [0.05, 0.1) is 11.1 Å². The molecule has 1 N–H and O–H groups in total. The van der Waals surface area contributed by atoms with E-state index in [4.69, 9.17) is 4.74 Å². The molecular weight excluding hydrogens is 422 g/mol. The normalized spacial score (nSPS) is 56.0. The van der Waals surface area contributed by atoms with Gasteiger partial charge in [0.25, 0.3) is 0 Å². The van der Waals surface area contributed by atoms with Gasteiger partial charge in [-0.1, -0.05) is 53.6 Å². The van der Waals surface area contributed by atoms with Crippen molar-refractivity contribution in [2.45, 2.75) is 119 Å². The molecule has 5 aliphatic carbocycles. The first-order chi connectivity index (χ1) is 15.8. The minimum atomic E-state index is -0.200. The van der Waals surface area contributed by atoms with Crippen LogP contribution in [0.25, 0.3) is 0 Å². The first kappa shape index (κ1) is 23.3. The second-order valence-electron chi connectivity index (χ2n) is 15.4. The Morgan fingerprint density at radius 2 is 1.53 bits per heavy atom. The predicted octanol–water partition coefficient (Wildman–Crippen LogP) is 7.23.